The van der Waals surface area contributed by atoms with Crippen LogP contribution in [0, 0.1) is 6.92 Å². The van der Waals surface area contributed by atoms with Gasteiger partial charge in [-0.05, 0) is 0 Å². The van der Waals surface area contributed by atoms with E-state index in [2.05, 4.69) is 31.1 Å². The first-order valence-electron chi connectivity index (χ1n) is 8.36. The molecule has 2 amide bonds. The number of hydrogen-bond donors (Lipinski definition) is 1. The van der Waals surface area contributed by atoms with Crippen LogP contribution in [-0.4, -0.2) is 31.5 Å². The Bertz CT molecular complexity index is 817. The van der Waals surface area contributed by atoms with Gasteiger partial charge >= 0.3 is 161 Å². The minimum absolute atomic E-state index is 0.0323. The molecule has 0 aliphatic heterocycles. The number of rotatable bonds is 3. The number of hydrogen-bond acceptors (Lipinski definition) is 2. The van der Waals surface area contributed by atoms with Crippen LogP contribution in [0.4, 0.5) is 0 Å². The van der Waals surface area contributed by atoms with Gasteiger partial charge in [0.1, 0.15) is 0 Å². The van der Waals surface area contributed by atoms with Gasteiger partial charge in [0.25, 0.3) is 0 Å². The Kier molecular flexibility index (Phi) is 6.52. The van der Waals surface area contributed by atoms with Gasteiger partial charge in [0.15, 0.2) is 0 Å². The fourth-order valence-corrected chi connectivity index (χ4v) is 3.04. The fourth-order valence-electron chi connectivity index (χ4n) is 2.27. The van der Waals surface area contributed by atoms with Gasteiger partial charge in [-0.25, -0.2) is 0 Å². The second kappa shape index (κ2) is 8.43. The molecule has 0 aliphatic rings. The second-order valence-electron chi connectivity index (χ2n) is 7.07. The minimum atomic E-state index is -0.339. The summed E-state index contributed by atoms with van der Waals surface area (Å²) in [4.78, 5) is 28.8. The Morgan fingerprint density at radius 1 is 0.923 bits per heavy atom. The zero-order valence-electron chi connectivity index (χ0n) is 15.8. The molecule has 4 nitrogen and oxygen atoms in total. The van der Waals surface area contributed by atoms with E-state index in [4.69, 9.17) is 0 Å². The Hall–Kier alpha value is -2.23. The van der Waals surface area contributed by atoms with Crippen molar-refractivity contribution in [2.45, 2.75) is 38.9 Å². The van der Waals surface area contributed by atoms with Gasteiger partial charge in [-0.2, -0.15) is 0 Å². The van der Waals surface area contributed by atoms with Crippen molar-refractivity contribution in [1.82, 2.24) is 5.32 Å². The third kappa shape index (κ3) is 5.38. The van der Waals surface area contributed by atoms with Gasteiger partial charge in [0.2, 0.25) is 0 Å². The first-order valence-corrected chi connectivity index (χ1v) is 10.9. The molecule has 26 heavy (non-hydrogen) atoms. The molecule has 1 N–H and O–H groups in total. The van der Waals surface area contributed by atoms with Crippen molar-refractivity contribution in [2.75, 3.05) is 0 Å². The number of carbonyl (C=O) groups is 2. The van der Waals surface area contributed by atoms with E-state index in [-0.39, 0.29) is 32.2 Å². The van der Waals surface area contributed by atoms with Gasteiger partial charge in [0, 0.05) is 0 Å². The molecule has 2 aromatic rings. The van der Waals surface area contributed by atoms with Crippen LogP contribution < -0.4 is 5.32 Å². The number of nitrogens with zero attached hydrogens (tertiary/aromatic N) is 1. The van der Waals surface area contributed by atoms with E-state index in [9.17, 15) is 9.59 Å². The molecular weight excluding hydrogens is 391 g/mol. The number of carbonyl (C=O) groups excluding carboxylic acids is 2. The number of aryl methyl sites for hydroxylation is 1. The van der Waals surface area contributed by atoms with E-state index in [0.717, 1.165) is 11.1 Å². The number of aliphatic imine (C=N–C) groups is 1. The summed E-state index contributed by atoms with van der Waals surface area (Å²) in [5.74, 6) is 1.33. The Balaban J connectivity index is 2.13. The van der Waals surface area contributed by atoms with Gasteiger partial charge in [-0.15, -0.1) is 0 Å². The van der Waals surface area contributed by atoms with Crippen molar-refractivity contribution in [1.29, 1.82) is 0 Å². The molecule has 0 aliphatic carbocycles. The molecule has 0 saturated carbocycles. The molecule has 0 bridgehead atoms. The monoisotopic (exact) mass is 416 g/mol. The van der Waals surface area contributed by atoms with Gasteiger partial charge in [0.05, 0.1) is 0 Å². The van der Waals surface area contributed by atoms with Crippen LogP contribution in [0.15, 0.2) is 53.5 Å². The molecule has 0 aromatic heterocycles. The van der Waals surface area contributed by atoms with Crippen LogP contribution in [-0.2, 0) is 5.41 Å². The summed E-state index contributed by atoms with van der Waals surface area (Å²) >= 11 is -0.110. The summed E-state index contributed by atoms with van der Waals surface area (Å²) in [5, 5.41) is 2.76. The maximum absolute atomic E-state index is 12.4. The summed E-state index contributed by atoms with van der Waals surface area (Å²) in [6.07, 6.45) is 0. The third-order valence-electron chi connectivity index (χ3n) is 3.93. The van der Waals surface area contributed by atoms with Crippen LogP contribution in [0.25, 0.3) is 0 Å². The third-order valence-corrected chi connectivity index (χ3v) is 5.15. The molecular formula is C21H24N2O2Se. The van der Waals surface area contributed by atoms with Crippen molar-refractivity contribution in [2.24, 2.45) is 4.99 Å². The molecule has 2 aromatic carbocycles. The van der Waals surface area contributed by atoms with E-state index in [1.165, 1.54) is 0 Å². The van der Waals surface area contributed by atoms with Crippen molar-refractivity contribution in [3.63, 3.8) is 0 Å². The van der Waals surface area contributed by atoms with Gasteiger partial charge < -0.3 is 0 Å². The van der Waals surface area contributed by atoms with E-state index >= 15 is 0 Å². The van der Waals surface area contributed by atoms with Crippen LogP contribution in [0.2, 0.25) is 5.82 Å². The number of benzene rings is 2. The van der Waals surface area contributed by atoms with Gasteiger partial charge in [-0.3, -0.25) is 0 Å². The maximum atomic E-state index is 12.4. The quantitative estimate of drug-likeness (QED) is 0.469. The molecule has 0 heterocycles. The second-order valence-corrected chi connectivity index (χ2v) is 8.74. The van der Waals surface area contributed by atoms with Crippen molar-refractivity contribution in [3.8, 4) is 0 Å². The molecule has 2 rings (SSSR count). The summed E-state index contributed by atoms with van der Waals surface area (Å²) < 4.78 is 0.424. The Labute approximate surface area is 161 Å². The summed E-state index contributed by atoms with van der Waals surface area (Å²) in [6, 6.07) is 14.8. The Morgan fingerprint density at radius 3 is 1.96 bits per heavy atom. The molecule has 0 saturated heterocycles. The van der Waals surface area contributed by atoms with Crippen molar-refractivity contribution in [3.05, 3.63) is 70.8 Å². The number of nitrogens with one attached hydrogen (secondary N) is 1. The molecule has 0 fully saturated rings. The van der Waals surface area contributed by atoms with Crippen LogP contribution in [0.3, 0.4) is 0 Å². The summed E-state index contributed by atoms with van der Waals surface area (Å²) in [7, 11) is 0. The normalized spacial score (nSPS) is 12.0. The molecule has 136 valence electrons. The predicted molar refractivity (Wildman–Crippen MR) is 107 cm³/mol. The van der Waals surface area contributed by atoms with Crippen LogP contribution >= 0.6 is 0 Å². The molecule has 0 atom stereocenters. The SMILES string of the molecule is C[Se]C(=NC(=O)c1ccc(C(C)(C)C)cc1)NC(=O)c1ccc(C)cc1. The van der Waals surface area contributed by atoms with Crippen LogP contribution in [0.1, 0.15) is 52.6 Å². The zero-order chi connectivity index (χ0) is 19.3. The topological polar surface area (TPSA) is 58.5 Å². The molecule has 5 heteroatoms. The van der Waals surface area contributed by atoms with Crippen molar-refractivity contribution < 1.29 is 9.59 Å². The summed E-state index contributed by atoms with van der Waals surface area (Å²) in [6.45, 7) is 8.34. The first kappa shape index (κ1) is 20.1. The average molecular weight is 415 g/mol. The molecule has 0 unspecified atom stereocenters. The standard InChI is InChI=1S/C21H24N2O2Se/c1-14-6-8-15(9-7-14)18(24)22-20(26-5)23-19(25)16-10-12-17(13-11-16)21(2,3)4/h6-13H,1-5H3,(H,22,23,24,25). The molecule has 0 radical (unpaired) electrons. The van der Waals surface area contributed by atoms with Crippen molar-refractivity contribution >= 4 is 31.5 Å². The van der Waals surface area contributed by atoms with E-state index in [0.29, 0.717) is 15.9 Å². The number of amides is 2. The van der Waals surface area contributed by atoms with E-state index in [1.807, 2.05) is 37.0 Å². The van der Waals surface area contributed by atoms with E-state index in [1.54, 1.807) is 24.3 Å². The zero-order valence-corrected chi connectivity index (χ0v) is 17.5. The van der Waals surface area contributed by atoms with Gasteiger partial charge in [-0.1, -0.05) is 0 Å². The molecule has 0 spiro atoms. The van der Waals surface area contributed by atoms with Crippen LogP contribution in [0.5, 0.6) is 0 Å². The first-order chi connectivity index (χ1) is 12.2. The Morgan fingerprint density at radius 2 is 1.46 bits per heavy atom. The summed E-state index contributed by atoms with van der Waals surface area (Å²) in [5.41, 5.74) is 3.35. The predicted octanol–water partition coefficient (Wildman–Crippen LogP) is 3.97. The average Bonchev–Trinajstić information content (AvgIpc) is 2.60. The number of amidine groups is 1. The van der Waals surface area contributed by atoms with E-state index < -0.39 is 0 Å². The fraction of sp³-hybridized carbons (Fsp3) is 0.286.